The molecule has 0 bridgehead atoms. The summed E-state index contributed by atoms with van der Waals surface area (Å²) < 4.78 is 5.32. The molecule has 142 valence electrons. The Hall–Kier alpha value is -3.09. The minimum absolute atomic E-state index is 0.165. The van der Waals surface area contributed by atoms with Crippen LogP contribution < -0.4 is 15.4 Å². The molecule has 1 aromatic heterocycles. The van der Waals surface area contributed by atoms with Crippen molar-refractivity contribution in [2.24, 2.45) is 0 Å². The van der Waals surface area contributed by atoms with Gasteiger partial charge in [-0.25, -0.2) is 4.79 Å². The number of hydrogen-bond donors (Lipinski definition) is 2. The van der Waals surface area contributed by atoms with E-state index in [1.807, 2.05) is 29.4 Å². The van der Waals surface area contributed by atoms with Gasteiger partial charge in [0, 0.05) is 38.1 Å². The zero-order valence-corrected chi connectivity index (χ0v) is 15.6. The lowest BCUT2D eigenvalue weighted by Crippen LogP contribution is -2.40. The van der Waals surface area contributed by atoms with Crippen molar-refractivity contribution in [2.75, 3.05) is 30.8 Å². The number of ether oxygens (including phenoxy) is 1. The number of rotatable bonds is 4. The van der Waals surface area contributed by atoms with E-state index in [9.17, 15) is 9.59 Å². The predicted octanol–water partition coefficient (Wildman–Crippen LogP) is 3.46. The van der Waals surface area contributed by atoms with E-state index in [0.717, 1.165) is 12.8 Å². The smallest absolute Gasteiger partial charge is 0.321 e. The van der Waals surface area contributed by atoms with Crippen molar-refractivity contribution in [2.45, 2.75) is 25.7 Å². The number of carbonyl (C=O) groups is 2. The first-order chi connectivity index (χ1) is 13.1. The Balaban J connectivity index is 1.63. The van der Waals surface area contributed by atoms with Crippen molar-refractivity contribution in [1.29, 1.82) is 0 Å². The number of methoxy groups -OCH3 is 1. The molecule has 27 heavy (non-hydrogen) atoms. The van der Waals surface area contributed by atoms with Crippen LogP contribution in [-0.4, -0.2) is 42.0 Å². The Morgan fingerprint density at radius 1 is 1.11 bits per heavy atom. The summed E-state index contributed by atoms with van der Waals surface area (Å²) >= 11 is 0. The van der Waals surface area contributed by atoms with Crippen molar-refractivity contribution in [3.05, 3.63) is 48.3 Å². The van der Waals surface area contributed by atoms with Gasteiger partial charge in [-0.15, -0.1) is 0 Å². The van der Waals surface area contributed by atoms with Gasteiger partial charge in [0.1, 0.15) is 5.75 Å². The van der Waals surface area contributed by atoms with Gasteiger partial charge in [-0.2, -0.15) is 0 Å². The topological polar surface area (TPSA) is 83.6 Å². The van der Waals surface area contributed by atoms with E-state index in [1.165, 1.54) is 12.5 Å². The summed E-state index contributed by atoms with van der Waals surface area (Å²) in [5.74, 6) is 0.828. The molecule has 0 saturated carbocycles. The van der Waals surface area contributed by atoms with Crippen molar-refractivity contribution in [3.63, 3.8) is 0 Å². The average Bonchev–Trinajstić information content (AvgIpc) is 2.68. The first-order valence-corrected chi connectivity index (χ1v) is 8.98. The highest BCUT2D eigenvalue weighted by molar-refractivity contribution is 5.94. The lowest BCUT2D eigenvalue weighted by Gasteiger charge is -2.32. The van der Waals surface area contributed by atoms with E-state index in [0.29, 0.717) is 36.1 Å². The van der Waals surface area contributed by atoms with Gasteiger partial charge in [-0.1, -0.05) is 0 Å². The molecule has 0 atom stereocenters. The number of nitrogens with one attached hydrogen (secondary N) is 2. The average molecular weight is 368 g/mol. The molecule has 0 aliphatic carbocycles. The molecule has 2 aromatic rings. The summed E-state index contributed by atoms with van der Waals surface area (Å²) in [6.07, 6.45) is 5.45. The quantitative estimate of drug-likeness (QED) is 0.866. The zero-order chi connectivity index (χ0) is 19.2. The van der Waals surface area contributed by atoms with Gasteiger partial charge in [-0.3, -0.25) is 9.78 Å². The largest absolute Gasteiger partial charge is 0.495 e. The highest BCUT2D eigenvalue weighted by Crippen LogP contribution is 2.30. The van der Waals surface area contributed by atoms with Crippen LogP contribution in [0.4, 0.5) is 16.2 Å². The number of benzene rings is 1. The summed E-state index contributed by atoms with van der Waals surface area (Å²) in [7, 11) is 1.54. The van der Waals surface area contributed by atoms with Crippen LogP contribution in [0.15, 0.2) is 42.7 Å². The van der Waals surface area contributed by atoms with Gasteiger partial charge in [0.25, 0.3) is 0 Å². The van der Waals surface area contributed by atoms with E-state index < -0.39 is 0 Å². The fourth-order valence-corrected chi connectivity index (χ4v) is 3.33. The maximum atomic E-state index is 12.7. The van der Waals surface area contributed by atoms with Gasteiger partial charge in [0.2, 0.25) is 5.91 Å². The summed E-state index contributed by atoms with van der Waals surface area (Å²) in [6, 6.07) is 9.06. The number of aromatic nitrogens is 1. The molecular weight excluding hydrogens is 344 g/mol. The second kappa shape index (κ2) is 8.53. The SMILES string of the molecule is COc1ccc(NC(C)=O)cc1NC(=O)N1CCC(c2ccncc2)CC1. The number of nitrogens with zero attached hydrogens (tertiary/aromatic N) is 2. The third-order valence-electron chi connectivity index (χ3n) is 4.72. The number of hydrogen-bond acceptors (Lipinski definition) is 4. The number of likely N-dealkylation sites (tertiary alicyclic amines) is 1. The maximum Gasteiger partial charge on any atom is 0.321 e. The summed E-state index contributed by atoms with van der Waals surface area (Å²) in [5, 5.41) is 5.61. The van der Waals surface area contributed by atoms with Gasteiger partial charge in [0.15, 0.2) is 0 Å². The molecule has 2 heterocycles. The minimum atomic E-state index is -0.171. The highest BCUT2D eigenvalue weighted by atomic mass is 16.5. The second-order valence-electron chi connectivity index (χ2n) is 6.57. The molecule has 1 aliphatic heterocycles. The van der Waals surface area contributed by atoms with Gasteiger partial charge < -0.3 is 20.3 Å². The first kappa shape index (κ1) is 18.7. The van der Waals surface area contributed by atoms with Crippen LogP contribution in [-0.2, 0) is 4.79 Å². The van der Waals surface area contributed by atoms with E-state index >= 15 is 0 Å². The normalized spacial score (nSPS) is 14.5. The number of carbonyl (C=O) groups excluding carboxylic acids is 2. The minimum Gasteiger partial charge on any atom is -0.495 e. The van der Waals surface area contributed by atoms with E-state index in [-0.39, 0.29) is 11.9 Å². The molecule has 3 amide bonds. The van der Waals surface area contributed by atoms with E-state index in [1.54, 1.807) is 25.3 Å². The number of amides is 3. The van der Waals surface area contributed by atoms with Crippen LogP contribution in [0, 0.1) is 0 Å². The molecule has 3 rings (SSSR count). The Bertz CT molecular complexity index is 802. The van der Waals surface area contributed by atoms with Gasteiger partial charge >= 0.3 is 6.03 Å². The van der Waals surface area contributed by atoms with Crippen LogP contribution in [0.5, 0.6) is 5.75 Å². The third kappa shape index (κ3) is 4.75. The molecule has 1 aromatic carbocycles. The standard InChI is InChI=1S/C20H24N4O3/c1-14(25)22-17-3-4-19(27-2)18(13-17)23-20(26)24-11-7-16(8-12-24)15-5-9-21-10-6-15/h3-6,9-10,13,16H,7-8,11-12H2,1-2H3,(H,22,25)(H,23,26). The van der Waals surface area contributed by atoms with Crippen molar-refractivity contribution in [3.8, 4) is 5.75 Å². The number of anilines is 2. The predicted molar refractivity (Wildman–Crippen MR) is 104 cm³/mol. The zero-order valence-electron chi connectivity index (χ0n) is 15.6. The molecule has 1 saturated heterocycles. The highest BCUT2D eigenvalue weighted by Gasteiger charge is 2.24. The van der Waals surface area contributed by atoms with Crippen LogP contribution in [0.3, 0.4) is 0 Å². The van der Waals surface area contributed by atoms with Crippen LogP contribution in [0.25, 0.3) is 0 Å². The molecule has 7 heteroatoms. The Morgan fingerprint density at radius 2 is 1.81 bits per heavy atom. The summed E-state index contributed by atoms with van der Waals surface area (Å²) in [4.78, 5) is 29.8. The number of urea groups is 1. The van der Waals surface area contributed by atoms with Gasteiger partial charge in [0.05, 0.1) is 12.8 Å². The Morgan fingerprint density at radius 3 is 2.44 bits per heavy atom. The van der Waals surface area contributed by atoms with Crippen molar-refractivity contribution >= 4 is 23.3 Å². The molecule has 0 spiro atoms. The first-order valence-electron chi connectivity index (χ1n) is 8.98. The third-order valence-corrected chi connectivity index (χ3v) is 4.72. The fraction of sp³-hybridized carbons (Fsp3) is 0.350. The van der Waals surface area contributed by atoms with E-state index in [2.05, 4.69) is 15.6 Å². The monoisotopic (exact) mass is 368 g/mol. The summed E-state index contributed by atoms with van der Waals surface area (Å²) in [5.41, 5.74) is 2.41. The number of piperidine rings is 1. The van der Waals surface area contributed by atoms with E-state index in [4.69, 9.17) is 4.74 Å². The molecule has 7 nitrogen and oxygen atoms in total. The fourth-order valence-electron chi connectivity index (χ4n) is 3.33. The molecule has 1 fully saturated rings. The lowest BCUT2D eigenvalue weighted by molar-refractivity contribution is -0.114. The maximum absolute atomic E-state index is 12.7. The lowest BCUT2D eigenvalue weighted by atomic mass is 9.90. The molecule has 2 N–H and O–H groups in total. The van der Waals surface area contributed by atoms with Crippen LogP contribution in [0.1, 0.15) is 31.2 Å². The summed E-state index contributed by atoms with van der Waals surface area (Å²) in [6.45, 7) is 2.81. The molecule has 0 radical (unpaired) electrons. The second-order valence-corrected chi connectivity index (χ2v) is 6.57. The van der Waals surface area contributed by atoms with Crippen molar-refractivity contribution in [1.82, 2.24) is 9.88 Å². The van der Waals surface area contributed by atoms with Gasteiger partial charge in [-0.05, 0) is 54.7 Å². The number of pyridine rings is 1. The van der Waals surface area contributed by atoms with Crippen LogP contribution in [0.2, 0.25) is 0 Å². The Kier molecular flexibility index (Phi) is 5.90. The molecule has 1 aliphatic rings. The van der Waals surface area contributed by atoms with Crippen LogP contribution >= 0.6 is 0 Å². The molecule has 0 unspecified atom stereocenters. The molecular formula is C20H24N4O3. The van der Waals surface area contributed by atoms with Crippen molar-refractivity contribution < 1.29 is 14.3 Å². The Labute approximate surface area is 158 Å².